The lowest BCUT2D eigenvalue weighted by atomic mass is 10.0. The first-order valence-corrected chi connectivity index (χ1v) is 6.11. The van der Waals surface area contributed by atoms with Crippen molar-refractivity contribution in [2.24, 2.45) is 0 Å². The molecular weight excluding hydrogens is 234 g/mol. The summed E-state index contributed by atoms with van der Waals surface area (Å²) >= 11 is 0. The number of aliphatic hydroxyl groups is 1. The molecule has 0 fully saturated rings. The number of carboxylic acids is 1. The fourth-order valence-corrected chi connectivity index (χ4v) is 1.89. The highest BCUT2D eigenvalue weighted by Crippen LogP contribution is 2.15. The number of aromatic carboxylic acids is 1. The third kappa shape index (κ3) is 4.16. The average molecular weight is 255 g/mol. The number of rotatable bonds is 7. The van der Waals surface area contributed by atoms with Crippen molar-refractivity contribution in [2.75, 3.05) is 6.54 Å². The molecular formula is C13H21NO4. The van der Waals surface area contributed by atoms with E-state index >= 15 is 0 Å². The van der Waals surface area contributed by atoms with Gasteiger partial charge in [-0.1, -0.05) is 13.3 Å². The van der Waals surface area contributed by atoms with Crippen LogP contribution in [-0.4, -0.2) is 28.3 Å². The summed E-state index contributed by atoms with van der Waals surface area (Å²) in [5, 5.41) is 21.9. The quantitative estimate of drug-likeness (QED) is 0.693. The van der Waals surface area contributed by atoms with Gasteiger partial charge in [0.15, 0.2) is 0 Å². The molecule has 0 saturated carbocycles. The summed E-state index contributed by atoms with van der Waals surface area (Å²) in [6, 6.07) is 1.51. The molecule has 1 unspecified atom stereocenters. The highest BCUT2D eigenvalue weighted by Gasteiger charge is 2.19. The van der Waals surface area contributed by atoms with Crippen molar-refractivity contribution in [3.05, 3.63) is 23.2 Å². The van der Waals surface area contributed by atoms with Gasteiger partial charge in [-0.15, -0.1) is 0 Å². The van der Waals surface area contributed by atoms with Crippen molar-refractivity contribution in [1.82, 2.24) is 5.32 Å². The maximum absolute atomic E-state index is 10.7. The predicted molar refractivity (Wildman–Crippen MR) is 67.6 cm³/mol. The van der Waals surface area contributed by atoms with Gasteiger partial charge in [0.1, 0.15) is 5.76 Å². The molecule has 0 spiro atoms. The summed E-state index contributed by atoms with van der Waals surface area (Å²) in [5.74, 6) is -0.526. The Balaban J connectivity index is 2.51. The molecule has 0 aromatic carbocycles. The van der Waals surface area contributed by atoms with Crippen LogP contribution in [0.4, 0.5) is 0 Å². The van der Waals surface area contributed by atoms with Crippen LogP contribution in [-0.2, 0) is 6.54 Å². The van der Waals surface area contributed by atoms with E-state index in [9.17, 15) is 9.90 Å². The molecule has 1 atom stereocenters. The molecule has 5 heteroatoms. The van der Waals surface area contributed by atoms with Crippen molar-refractivity contribution >= 4 is 5.97 Å². The monoisotopic (exact) mass is 255 g/mol. The van der Waals surface area contributed by atoms with E-state index in [2.05, 4.69) is 5.32 Å². The normalized spacial score (nSPS) is 14.4. The van der Waals surface area contributed by atoms with E-state index in [4.69, 9.17) is 9.52 Å². The van der Waals surface area contributed by atoms with E-state index in [0.29, 0.717) is 18.8 Å². The third-order valence-electron chi connectivity index (χ3n) is 2.84. The van der Waals surface area contributed by atoms with Gasteiger partial charge >= 0.3 is 5.97 Å². The Bertz CT molecular complexity index is 409. The second kappa shape index (κ2) is 6.02. The molecule has 1 rings (SSSR count). The fraction of sp³-hybridized carbons (Fsp3) is 0.615. The second-order valence-electron chi connectivity index (χ2n) is 4.85. The largest absolute Gasteiger partial charge is 0.475 e. The summed E-state index contributed by atoms with van der Waals surface area (Å²) in [7, 11) is 0. The minimum absolute atomic E-state index is 0.0513. The maximum atomic E-state index is 10.7. The van der Waals surface area contributed by atoms with Crippen LogP contribution in [0.1, 0.15) is 48.6 Å². The van der Waals surface area contributed by atoms with Crippen LogP contribution in [0.5, 0.6) is 0 Å². The highest BCUT2D eigenvalue weighted by molar-refractivity contribution is 5.84. The molecule has 1 aromatic rings. The molecule has 0 radical (unpaired) electrons. The molecule has 1 heterocycles. The summed E-state index contributed by atoms with van der Waals surface area (Å²) < 4.78 is 5.10. The molecule has 0 amide bonds. The first-order valence-electron chi connectivity index (χ1n) is 6.11. The molecule has 0 aliphatic heterocycles. The number of furan rings is 1. The van der Waals surface area contributed by atoms with Crippen LogP contribution in [0.3, 0.4) is 0 Å². The van der Waals surface area contributed by atoms with Gasteiger partial charge in [0, 0.05) is 18.7 Å². The standard InChI is InChI=1S/C13H21NO4/c1-4-5-13(3,17)8-14-7-10-6-11(12(15)16)18-9(10)2/h6,14,17H,4-5,7-8H2,1-3H3,(H,15,16). The zero-order valence-corrected chi connectivity index (χ0v) is 11.1. The SMILES string of the molecule is CCCC(C)(O)CNCc1cc(C(=O)O)oc1C. The lowest BCUT2D eigenvalue weighted by molar-refractivity contribution is 0.0497. The fourth-order valence-electron chi connectivity index (χ4n) is 1.89. The van der Waals surface area contributed by atoms with Crippen molar-refractivity contribution < 1.29 is 19.4 Å². The van der Waals surface area contributed by atoms with Crippen LogP contribution in [0, 0.1) is 6.92 Å². The van der Waals surface area contributed by atoms with Gasteiger partial charge in [-0.3, -0.25) is 0 Å². The molecule has 0 aliphatic rings. The maximum Gasteiger partial charge on any atom is 0.371 e. The zero-order chi connectivity index (χ0) is 13.8. The minimum atomic E-state index is -1.07. The van der Waals surface area contributed by atoms with E-state index in [1.165, 1.54) is 6.07 Å². The van der Waals surface area contributed by atoms with Crippen LogP contribution < -0.4 is 5.32 Å². The Hall–Kier alpha value is -1.33. The number of hydrogen-bond acceptors (Lipinski definition) is 4. The topological polar surface area (TPSA) is 82.7 Å². The molecule has 0 aliphatic carbocycles. The van der Waals surface area contributed by atoms with Crippen molar-refractivity contribution in [1.29, 1.82) is 0 Å². The summed E-state index contributed by atoms with van der Waals surface area (Å²) in [6.45, 7) is 6.49. The van der Waals surface area contributed by atoms with Gasteiger partial charge in [0.05, 0.1) is 5.60 Å². The summed E-state index contributed by atoms with van der Waals surface area (Å²) in [5.41, 5.74) is 0.0712. The Morgan fingerprint density at radius 3 is 2.72 bits per heavy atom. The van der Waals surface area contributed by atoms with Gasteiger partial charge in [0.25, 0.3) is 0 Å². The third-order valence-corrected chi connectivity index (χ3v) is 2.84. The summed E-state index contributed by atoms with van der Waals surface area (Å²) in [4.78, 5) is 10.7. The second-order valence-corrected chi connectivity index (χ2v) is 4.85. The Kier molecular flexibility index (Phi) is 4.93. The lowest BCUT2D eigenvalue weighted by Gasteiger charge is -2.22. The number of carboxylic acid groups (broad SMARTS) is 1. The van der Waals surface area contributed by atoms with E-state index in [1.807, 2.05) is 6.92 Å². The smallest absolute Gasteiger partial charge is 0.371 e. The summed E-state index contributed by atoms with van der Waals surface area (Å²) in [6.07, 6.45) is 1.65. The van der Waals surface area contributed by atoms with Crippen molar-refractivity contribution in [2.45, 2.75) is 45.8 Å². The first kappa shape index (κ1) is 14.7. The van der Waals surface area contributed by atoms with Gasteiger partial charge in [-0.05, 0) is 26.3 Å². The molecule has 1 aromatic heterocycles. The van der Waals surface area contributed by atoms with Gasteiger partial charge in [0.2, 0.25) is 5.76 Å². The molecule has 0 saturated heterocycles. The van der Waals surface area contributed by atoms with Crippen LogP contribution >= 0.6 is 0 Å². The van der Waals surface area contributed by atoms with E-state index in [-0.39, 0.29) is 5.76 Å². The molecule has 18 heavy (non-hydrogen) atoms. The van der Waals surface area contributed by atoms with E-state index in [0.717, 1.165) is 18.4 Å². The number of aryl methyl sites for hydroxylation is 1. The van der Waals surface area contributed by atoms with Crippen LogP contribution in [0.2, 0.25) is 0 Å². The van der Waals surface area contributed by atoms with Gasteiger partial charge < -0.3 is 19.9 Å². The molecule has 5 nitrogen and oxygen atoms in total. The molecule has 3 N–H and O–H groups in total. The van der Waals surface area contributed by atoms with E-state index < -0.39 is 11.6 Å². The van der Waals surface area contributed by atoms with Gasteiger partial charge in [-0.2, -0.15) is 0 Å². The Morgan fingerprint density at radius 2 is 2.22 bits per heavy atom. The zero-order valence-electron chi connectivity index (χ0n) is 11.1. The number of carbonyl (C=O) groups is 1. The van der Waals surface area contributed by atoms with Crippen LogP contribution in [0.15, 0.2) is 10.5 Å². The molecule has 0 bridgehead atoms. The highest BCUT2D eigenvalue weighted by atomic mass is 16.4. The average Bonchev–Trinajstić information content (AvgIpc) is 2.60. The predicted octanol–water partition coefficient (Wildman–Crippen LogP) is 1.93. The van der Waals surface area contributed by atoms with Crippen LogP contribution in [0.25, 0.3) is 0 Å². The Morgan fingerprint density at radius 1 is 1.56 bits per heavy atom. The van der Waals surface area contributed by atoms with Crippen molar-refractivity contribution in [3.8, 4) is 0 Å². The lowest BCUT2D eigenvalue weighted by Crippen LogP contribution is -2.37. The minimum Gasteiger partial charge on any atom is -0.475 e. The van der Waals surface area contributed by atoms with Gasteiger partial charge in [-0.25, -0.2) is 4.79 Å². The first-order chi connectivity index (χ1) is 8.35. The van der Waals surface area contributed by atoms with E-state index in [1.54, 1.807) is 13.8 Å². The molecule has 102 valence electrons. The number of nitrogens with one attached hydrogen (secondary N) is 1. The van der Waals surface area contributed by atoms with Crippen molar-refractivity contribution in [3.63, 3.8) is 0 Å². The number of hydrogen-bond donors (Lipinski definition) is 3. The Labute approximate surface area is 107 Å².